The first-order valence-electron chi connectivity index (χ1n) is 7.17. The SMILES string of the molecule is Cc1c(-c2nccc3ccccc23)ccc2ccccc12. The Morgan fingerprint density at radius 2 is 1.33 bits per heavy atom. The van der Waals surface area contributed by atoms with Crippen LogP contribution in [0.5, 0.6) is 0 Å². The lowest BCUT2D eigenvalue weighted by atomic mass is 9.95. The number of rotatable bonds is 1. The molecule has 4 aromatic rings. The third kappa shape index (κ3) is 1.90. The highest BCUT2D eigenvalue weighted by molar-refractivity contribution is 5.99. The highest BCUT2D eigenvalue weighted by Gasteiger charge is 2.09. The highest BCUT2D eigenvalue weighted by Crippen LogP contribution is 2.32. The first-order valence-corrected chi connectivity index (χ1v) is 7.17. The fourth-order valence-electron chi connectivity index (χ4n) is 3.02. The van der Waals surface area contributed by atoms with E-state index in [9.17, 15) is 0 Å². The Hall–Kier alpha value is -2.67. The van der Waals surface area contributed by atoms with Crippen molar-refractivity contribution in [3.63, 3.8) is 0 Å². The van der Waals surface area contributed by atoms with Crippen molar-refractivity contribution in [2.24, 2.45) is 0 Å². The average molecular weight is 269 g/mol. The Bertz CT molecular complexity index is 949. The molecular weight excluding hydrogens is 254 g/mol. The van der Waals surface area contributed by atoms with Gasteiger partial charge < -0.3 is 0 Å². The molecule has 4 rings (SSSR count). The topological polar surface area (TPSA) is 12.9 Å². The molecular formula is C20H15N. The largest absolute Gasteiger partial charge is 0.256 e. The summed E-state index contributed by atoms with van der Waals surface area (Å²) < 4.78 is 0. The normalized spacial score (nSPS) is 11.1. The minimum Gasteiger partial charge on any atom is -0.256 e. The molecule has 100 valence electrons. The number of aromatic nitrogens is 1. The molecule has 0 aliphatic rings. The second kappa shape index (κ2) is 4.71. The van der Waals surface area contributed by atoms with Gasteiger partial charge in [-0.05, 0) is 34.7 Å². The zero-order valence-electron chi connectivity index (χ0n) is 11.9. The number of fused-ring (bicyclic) bond motifs is 2. The number of nitrogens with zero attached hydrogens (tertiary/aromatic N) is 1. The van der Waals surface area contributed by atoms with Crippen LogP contribution in [0.3, 0.4) is 0 Å². The Morgan fingerprint density at radius 3 is 2.14 bits per heavy atom. The molecule has 0 fully saturated rings. The maximum atomic E-state index is 4.64. The summed E-state index contributed by atoms with van der Waals surface area (Å²) in [4.78, 5) is 4.64. The average Bonchev–Trinajstić information content (AvgIpc) is 2.55. The minimum absolute atomic E-state index is 1.07. The van der Waals surface area contributed by atoms with Crippen molar-refractivity contribution in [3.8, 4) is 11.3 Å². The third-order valence-electron chi connectivity index (χ3n) is 4.13. The van der Waals surface area contributed by atoms with E-state index in [0.29, 0.717) is 0 Å². The van der Waals surface area contributed by atoms with Crippen LogP contribution in [0.15, 0.2) is 72.9 Å². The number of hydrogen-bond donors (Lipinski definition) is 0. The molecule has 1 heteroatoms. The van der Waals surface area contributed by atoms with Gasteiger partial charge in [-0.15, -0.1) is 0 Å². The van der Waals surface area contributed by atoms with Gasteiger partial charge >= 0.3 is 0 Å². The van der Waals surface area contributed by atoms with Crippen molar-refractivity contribution < 1.29 is 0 Å². The van der Waals surface area contributed by atoms with Crippen LogP contribution in [0.1, 0.15) is 5.56 Å². The van der Waals surface area contributed by atoms with Gasteiger partial charge in [0.1, 0.15) is 0 Å². The summed E-state index contributed by atoms with van der Waals surface area (Å²) in [5.41, 5.74) is 3.57. The molecule has 1 heterocycles. The molecule has 1 aromatic heterocycles. The van der Waals surface area contributed by atoms with E-state index in [1.165, 1.54) is 32.7 Å². The molecule has 0 radical (unpaired) electrons. The molecule has 0 spiro atoms. The van der Waals surface area contributed by atoms with Gasteiger partial charge in [0.15, 0.2) is 0 Å². The maximum absolute atomic E-state index is 4.64. The number of pyridine rings is 1. The van der Waals surface area contributed by atoms with Crippen LogP contribution in [0.2, 0.25) is 0 Å². The quantitative estimate of drug-likeness (QED) is 0.453. The molecule has 0 saturated carbocycles. The van der Waals surface area contributed by atoms with Gasteiger partial charge in [0.2, 0.25) is 0 Å². The number of benzene rings is 3. The van der Waals surface area contributed by atoms with Crippen LogP contribution in [-0.4, -0.2) is 4.98 Å². The van der Waals surface area contributed by atoms with E-state index in [-0.39, 0.29) is 0 Å². The molecule has 0 bridgehead atoms. The van der Waals surface area contributed by atoms with Crippen molar-refractivity contribution in [3.05, 3.63) is 78.5 Å². The predicted molar refractivity (Wildman–Crippen MR) is 89.4 cm³/mol. The van der Waals surface area contributed by atoms with Crippen LogP contribution in [0.25, 0.3) is 32.8 Å². The van der Waals surface area contributed by atoms with E-state index in [4.69, 9.17) is 0 Å². The number of aryl methyl sites for hydroxylation is 1. The Kier molecular flexibility index (Phi) is 2.71. The standard InChI is InChI=1S/C20H15N/c1-14-17-8-4-2-6-15(17)10-11-18(14)20-19-9-5-3-7-16(19)12-13-21-20/h2-13H,1H3. The van der Waals surface area contributed by atoms with Gasteiger partial charge in [-0.2, -0.15) is 0 Å². The van der Waals surface area contributed by atoms with E-state index >= 15 is 0 Å². The van der Waals surface area contributed by atoms with Crippen molar-refractivity contribution in [1.29, 1.82) is 0 Å². The van der Waals surface area contributed by atoms with Crippen LogP contribution in [-0.2, 0) is 0 Å². The fourth-order valence-corrected chi connectivity index (χ4v) is 3.02. The molecule has 0 unspecified atom stereocenters. The molecule has 0 N–H and O–H groups in total. The Morgan fingerprint density at radius 1 is 0.667 bits per heavy atom. The van der Waals surface area contributed by atoms with Gasteiger partial charge in [0, 0.05) is 17.1 Å². The monoisotopic (exact) mass is 269 g/mol. The fraction of sp³-hybridized carbons (Fsp3) is 0.0500. The van der Waals surface area contributed by atoms with Crippen LogP contribution >= 0.6 is 0 Å². The summed E-state index contributed by atoms with van der Waals surface area (Å²) in [5.74, 6) is 0. The van der Waals surface area contributed by atoms with Crippen molar-refractivity contribution in [2.45, 2.75) is 6.92 Å². The lowest BCUT2D eigenvalue weighted by Crippen LogP contribution is -1.90. The zero-order chi connectivity index (χ0) is 14.2. The summed E-state index contributed by atoms with van der Waals surface area (Å²) in [6, 6.07) is 23.4. The van der Waals surface area contributed by atoms with Gasteiger partial charge in [-0.1, -0.05) is 60.7 Å². The lowest BCUT2D eigenvalue weighted by Gasteiger charge is -2.11. The van der Waals surface area contributed by atoms with Crippen LogP contribution < -0.4 is 0 Å². The van der Waals surface area contributed by atoms with E-state index in [1.807, 2.05) is 6.20 Å². The second-order valence-corrected chi connectivity index (χ2v) is 5.34. The van der Waals surface area contributed by atoms with E-state index < -0.39 is 0 Å². The summed E-state index contributed by atoms with van der Waals surface area (Å²) in [6.07, 6.45) is 1.90. The van der Waals surface area contributed by atoms with E-state index in [0.717, 1.165) is 5.69 Å². The first kappa shape index (κ1) is 12.1. The molecule has 1 nitrogen and oxygen atoms in total. The second-order valence-electron chi connectivity index (χ2n) is 5.34. The van der Waals surface area contributed by atoms with E-state index in [2.05, 4.69) is 78.6 Å². The Labute approximate surface area is 123 Å². The highest BCUT2D eigenvalue weighted by atomic mass is 14.7. The summed E-state index contributed by atoms with van der Waals surface area (Å²) in [6.45, 7) is 2.18. The van der Waals surface area contributed by atoms with Crippen molar-refractivity contribution in [2.75, 3.05) is 0 Å². The van der Waals surface area contributed by atoms with Crippen molar-refractivity contribution >= 4 is 21.5 Å². The minimum atomic E-state index is 1.07. The zero-order valence-corrected chi connectivity index (χ0v) is 11.9. The molecule has 0 aliphatic carbocycles. The molecule has 0 saturated heterocycles. The summed E-state index contributed by atoms with van der Waals surface area (Å²) in [7, 11) is 0. The Balaban J connectivity index is 2.07. The van der Waals surface area contributed by atoms with Crippen LogP contribution in [0, 0.1) is 6.92 Å². The van der Waals surface area contributed by atoms with E-state index in [1.54, 1.807) is 0 Å². The molecule has 3 aromatic carbocycles. The molecule has 0 amide bonds. The molecule has 21 heavy (non-hydrogen) atoms. The van der Waals surface area contributed by atoms with Gasteiger partial charge in [-0.3, -0.25) is 4.98 Å². The van der Waals surface area contributed by atoms with Gasteiger partial charge in [0.05, 0.1) is 5.69 Å². The third-order valence-corrected chi connectivity index (χ3v) is 4.13. The molecule has 0 aliphatic heterocycles. The van der Waals surface area contributed by atoms with Gasteiger partial charge in [-0.25, -0.2) is 0 Å². The van der Waals surface area contributed by atoms with Crippen LogP contribution in [0.4, 0.5) is 0 Å². The van der Waals surface area contributed by atoms with Gasteiger partial charge in [0.25, 0.3) is 0 Å². The smallest absolute Gasteiger partial charge is 0.0783 e. The van der Waals surface area contributed by atoms with Crippen molar-refractivity contribution in [1.82, 2.24) is 4.98 Å². The summed E-state index contributed by atoms with van der Waals surface area (Å²) in [5, 5.41) is 5.01. The predicted octanol–water partition coefficient (Wildman–Crippen LogP) is 5.36. The lowest BCUT2D eigenvalue weighted by molar-refractivity contribution is 1.34. The number of hydrogen-bond acceptors (Lipinski definition) is 1. The molecule has 0 atom stereocenters. The first-order chi connectivity index (χ1) is 10.3. The maximum Gasteiger partial charge on any atom is 0.0783 e. The summed E-state index contributed by atoms with van der Waals surface area (Å²) >= 11 is 0.